The predicted molar refractivity (Wildman–Crippen MR) is 107 cm³/mol. The summed E-state index contributed by atoms with van der Waals surface area (Å²) in [5, 5.41) is 1.98. The molecule has 1 saturated heterocycles. The molecule has 3 aliphatic rings. The highest BCUT2D eigenvalue weighted by atomic mass is 16.7. The molecule has 1 aliphatic heterocycles. The van der Waals surface area contributed by atoms with Gasteiger partial charge in [-0.1, -0.05) is 48.5 Å². The van der Waals surface area contributed by atoms with Crippen LogP contribution in [-0.4, -0.2) is 18.7 Å². The van der Waals surface area contributed by atoms with Crippen LogP contribution in [0.3, 0.4) is 0 Å². The van der Waals surface area contributed by atoms with Crippen LogP contribution in [0.2, 0.25) is 0 Å². The maximum atomic E-state index is 13.2. The van der Waals surface area contributed by atoms with Gasteiger partial charge in [-0.25, -0.2) is 5.06 Å². The fourth-order valence-electron chi connectivity index (χ4n) is 5.04. The lowest BCUT2D eigenvalue weighted by molar-refractivity contribution is -0.152. The topological polar surface area (TPSA) is 38.8 Å². The molecule has 2 aromatic carbocycles. The fraction of sp³-hybridized carbons (Fsp3) is 0.458. The van der Waals surface area contributed by atoms with Crippen LogP contribution in [0.4, 0.5) is 5.69 Å². The predicted octanol–water partition coefficient (Wildman–Crippen LogP) is 4.92. The van der Waals surface area contributed by atoms with Crippen molar-refractivity contribution in [1.82, 2.24) is 0 Å². The number of nitrogens with zero attached hydrogens (tertiary/aromatic N) is 1. The zero-order chi connectivity index (χ0) is 19.1. The smallest absolute Gasteiger partial charge is 0.314 e. The number of esters is 1. The van der Waals surface area contributed by atoms with Crippen molar-refractivity contribution in [1.29, 1.82) is 0 Å². The standard InChI is InChI=1S/C24H27NO3/c1-2-27-23(26)20-21(17-9-5-3-6-10-17)25(19-11-7-4-8-12-19)28-22(20)24(15-16-24)18-13-14-18/h3-12,18,20-22H,2,13-16H2,1H3/t20-,21+,22-/m1/s1. The highest BCUT2D eigenvalue weighted by Gasteiger charge is 2.66. The number of carbonyl (C=O) groups excluding carboxylic acids is 1. The van der Waals surface area contributed by atoms with E-state index in [2.05, 4.69) is 24.3 Å². The zero-order valence-electron chi connectivity index (χ0n) is 16.3. The van der Waals surface area contributed by atoms with Gasteiger partial charge in [-0.15, -0.1) is 0 Å². The van der Waals surface area contributed by atoms with Crippen molar-refractivity contribution in [3.63, 3.8) is 0 Å². The first-order valence-electron chi connectivity index (χ1n) is 10.5. The van der Waals surface area contributed by atoms with E-state index in [-0.39, 0.29) is 29.4 Å². The van der Waals surface area contributed by atoms with Crippen molar-refractivity contribution in [2.24, 2.45) is 17.3 Å². The van der Waals surface area contributed by atoms with Crippen molar-refractivity contribution in [3.8, 4) is 0 Å². The number of benzene rings is 2. The number of para-hydroxylation sites is 1. The average molecular weight is 377 g/mol. The molecule has 0 bridgehead atoms. The number of anilines is 1. The number of hydrogen-bond donors (Lipinski definition) is 0. The molecule has 0 radical (unpaired) electrons. The lowest BCUT2D eigenvalue weighted by atomic mass is 9.79. The summed E-state index contributed by atoms with van der Waals surface area (Å²) < 4.78 is 5.57. The number of rotatable bonds is 6. The van der Waals surface area contributed by atoms with Gasteiger partial charge in [0, 0.05) is 5.41 Å². The van der Waals surface area contributed by atoms with Gasteiger partial charge in [0.05, 0.1) is 18.3 Å². The summed E-state index contributed by atoms with van der Waals surface area (Å²) in [6.45, 7) is 2.27. The van der Waals surface area contributed by atoms with Crippen LogP contribution in [0.25, 0.3) is 0 Å². The van der Waals surface area contributed by atoms with Gasteiger partial charge in [0.15, 0.2) is 0 Å². The van der Waals surface area contributed by atoms with Crippen molar-refractivity contribution >= 4 is 11.7 Å². The molecule has 0 spiro atoms. The van der Waals surface area contributed by atoms with Crippen LogP contribution in [0.15, 0.2) is 60.7 Å². The molecule has 0 N–H and O–H groups in total. The van der Waals surface area contributed by atoms with E-state index in [1.54, 1.807) is 0 Å². The average Bonchev–Trinajstić information content (AvgIpc) is 3.65. The fourth-order valence-corrected chi connectivity index (χ4v) is 5.04. The van der Waals surface area contributed by atoms with Crippen LogP contribution in [-0.2, 0) is 14.4 Å². The summed E-state index contributed by atoms with van der Waals surface area (Å²) in [5.41, 5.74) is 2.23. The highest BCUT2D eigenvalue weighted by molar-refractivity contribution is 5.76. The van der Waals surface area contributed by atoms with Crippen molar-refractivity contribution in [2.45, 2.75) is 44.8 Å². The van der Waals surface area contributed by atoms with Gasteiger partial charge >= 0.3 is 5.97 Å². The Balaban J connectivity index is 1.60. The summed E-state index contributed by atoms with van der Waals surface area (Å²) in [6.07, 6.45) is 4.71. The lowest BCUT2D eigenvalue weighted by Gasteiger charge is -2.27. The Morgan fingerprint density at radius 3 is 2.29 bits per heavy atom. The molecule has 28 heavy (non-hydrogen) atoms. The third kappa shape index (κ3) is 2.91. The monoisotopic (exact) mass is 377 g/mol. The normalized spacial score (nSPS) is 28.2. The van der Waals surface area contributed by atoms with Gasteiger partial charge in [0.1, 0.15) is 12.0 Å². The summed E-state index contributed by atoms with van der Waals surface area (Å²) in [5.74, 6) is 0.249. The van der Waals surface area contributed by atoms with E-state index in [1.807, 2.05) is 48.4 Å². The number of carbonyl (C=O) groups is 1. The molecule has 2 saturated carbocycles. The number of hydrogen-bond acceptors (Lipinski definition) is 4. The summed E-state index contributed by atoms with van der Waals surface area (Å²) in [6, 6.07) is 20.2. The van der Waals surface area contributed by atoms with Crippen molar-refractivity contribution in [2.75, 3.05) is 11.7 Å². The Labute approximate surface area is 166 Å². The van der Waals surface area contributed by atoms with Gasteiger partial charge in [0.2, 0.25) is 0 Å². The molecular formula is C24H27NO3. The molecule has 0 aromatic heterocycles. The van der Waals surface area contributed by atoms with Crippen LogP contribution in [0.1, 0.15) is 44.2 Å². The minimum absolute atomic E-state index is 0.121. The molecular weight excluding hydrogens is 350 g/mol. The Kier molecular flexibility index (Phi) is 4.39. The molecule has 5 rings (SSSR count). The second-order valence-corrected chi connectivity index (χ2v) is 8.33. The summed E-state index contributed by atoms with van der Waals surface area (Å²) in [4.78, 5) is 19.9. The third-order valence-electron chi connectivity index (χ3n) is 6.64. The first kappa shape index (κ1) is 17.7. The SMILES string of the molecule is CCOC(=O)[C@H]1[C@H](C2(C3CC3)CC2)ON(c2ccccc2)[C@H]1c1ccccc1. The minimum atomic E-state index is -0.314. The summed E-state index contributed by atoms with van der Waals surface area (Å²) in [7, 11) is 0. The van der Waals surface area contributed by atoms with Gasteiger partial charge < -0.3 is 4.74 Å². The zero-order valence-corrected chi connectivity index (χ0v) is 16.3. The van der Waals surface area contributed by atoms with Crippen LogP contribution < -0.4 is 5.06 Å². The minimum Gasteiger partial charge on any atom is -0.466 e. The van der Waals surface area contributed by atoms with Crippen LogP contribution in [0.5, 0.6) is 0 Å². The van der Waals surface area contributed by atoms with E-state index in [0.29, 0.717) is 12.5 Å². The Morgan fingerprint density at radius 1 is 1.07 bits per heavy atom. The molecule has 0 unspecified atom stereocenters. The maximum absolute atomic E-state index is 13.2. The van der Waals surface area contributed by atoms with Crippen LogP contribution >= 0.6 is 0 Å². The van der Waals surface area contributed by atoms with E-state index < -0.39 is 0 Å². The number of hydroxylamine groups is 1. The van der Waals surface area contributed by atoms with Crippen molar-refractivity contribution < 1.29 is 14.4 Å². The molecule has 2 aliphatic carbocycles. The third-order valence-corrected chi connectivity index (χ3v) is 6.64. The number of ether oxygens (including phenoxy) is 1. The highest BCUT2D eigenvalue weighted by Crippen LogP contribution is 2.67. The van der Waals surface area contributed by atoms with Crippen LogP contribution in [0, 0.1) is 17.3 Å². The molecule has 3 atom stereocenters. The maximum Gasteiger partial charge on any atom is 0.314 e. The van der Waals surface area contributed by atoms with Gasteiger partial charge in [-0.05, 0) is 56.2 Å². The van der Waals surface area contributed by atoms with Gasteiger partial charge in [-0.3, -0.25) is 9.63 Å². The molecule has 0 amide bonds. The lowest BCUT2D eigenvalue weighted by Crippen LogP contribution is -2.37. The molecule has 3 fully saturated rings. The summed E-state index contributed by atoms with van der Waals surface area (Å²) >= 11 is 0. The van der Waals surface area contributed by atoms with Gasteiger partial charge in [-0.2, -0.15) is 0 Å². The van der Waals surface area contributed by atoms with Gasteiger partial charge in [0.25, 0.3) is 0 Å². The molecule has 2 aromatic rings. The molecule has 146 valence electrons. The van der Waals surface area contributed by atoms with E-state index >= 15 is 0 Å². The van der Waals surface area contributed by atoms with E-state index in [4.69, 9.17) is 9.57 Å². The second-order valence-electron chi connectivity index (χ2n) is 8.33. The van der Waals surface area contributed by atoms with Crippen molar-refractivity contribution in [3.05, 3.63) is 66.2 Å². The molecule has 1 heterocycles. The molecule has 4 heteroatoms. The molecule has 4 nitrogen and oxygen atoms in total. The van der Waals surface area contributed by atoms with E-state index in [0.717, 1.165) is 24.1 Å². The first-order valence-corrected chi connectivity index (χ1v) is 10.5. The Morgan fingerprint density at radius 2 is 1.71 bits per heavy atom. The van der Waals surface area contributed by atoms with E-state index in [1.165, 1.54) is 12.8 Å². The quantitative estimate of drug-likeness (QED) is 0.670. The Hall–Kier alpha value is -2.33. The van der Waals surface area contributed by atoms with E-state index in [9.17, 15) is 4.79 Å². The second kappa shape index (κ2) is 6.93. The largest absolute Gasteiger partial charge is 0.466 e. The Bertz CT molecular complexity index is 829. The first-order chi connectivity index (χ1) is 13.7.